The number of allylic oxidation sites excluding steroid dienone is 5. The van der Waals surface area contributed by atoms with Gasteiger partial charge in [0.25, 0.3) is 0 Å². The Kier molecular flexibility index (Phi) is 9.65. The Morgan fingerprint density at radius 1 is 0.943 bits per heavy atom. The van der Waals surface area contributed by atoms with Crippen molar-refractivity contribution in [2.75, 3.05) is 32.6 Å². The molecule has 0 spiro atoms. The molecule has 5 fully saturated rings. The smallest absolute Gasteiger partial charge is 0.312 e. The summed E-state index contributed by atoms with van der Waals surface area (Å²) in [5, 5.41) is 13.3. The van der Waals surface area contributed by atoms with Crippen molar-refractivity contribution in [3.8, 4) is 0 Å². The maximum atomic E-state index is 14.0. The van der Waals surface area contributed by atoms with Gasteiger partial charge in [-0.25, -0.2) is 12.8 Å². The zero-order valence-corrected chi connectivity index (χ0v) is 34.5. The topological polar surface area (TPSA) is 104 Å². The Labute approximate surface area is 319 Å². The van der Waals surface area contributed by atoms with Gasteiger partial charge in [-0.1, -0.05) is 58.9 Å². The monoisotopic (exact) mass is 754 g/mol. The van der Waals surface area contributed by atoms with Crippen LogP contribution in [0.5, 0.6) is 0 Å². The molecule has 1 unspecified atom stereocenters. The van der Waals surface area contributed by atoms with Crippen LogP contribution in [-0.4, -0.2) is 73.7 Å². The van der Waals surface area contributed by atoms with Gasteiger partial charge < -0.3 is 15.3 Å². The van der Waals surface area contributed by atoms with E-state index in [1.807, 2.05) is 0 Å². The van der Waals surface area contributed by atoms with E-state index in [4.69, 9.17) is 0 Å². The number of hydrogen-bond acceptors (Lipinski definition) is 5. The SMILES string of the molecule is C=C(C)[C@@H]1CC[C@]2(NCC(=O)N3CCC(S(C)(=O)=O)C3)CC[C@]3(C)[C@H](CC[C@@H]4[C@@]5(C)CC=C(C6=CC[C@](CF)(C(=O)O)CC6)C(C)(C)[C@@H]5CC[C@]43C)[C@@H]12. The van der Waals surface area contributed by atoms with Gasteiger partial charge in [0.05, 0.1) is 17.2 Å². The Morgan fingerprint density at radius 2 is 1.68 bits per heavy atom. The molecule has 7 nitrogen and oxygen atoms in total. The van der Waals surface area contributed by atoms with E-state index in [-0.39, 0.29) is 46.1 Å². The number of amides is 1. The van der Waals surface area contributed by atoms with Crippen LogP contribution in [0.15, 0.2) is 35.5 Å². The number of carbonyl (C=O) groups is 2. The lowest BCUT2D eigenvalue weighted by Gasteiger charge is -2.72. The number of hydrogen-bond donors (Lipinski definition) is 2. The predicted molar refractivity (Wildman–Crippen MR) is 209 cm³/mol. The molecule has 1 heterocycles. The lowest BCUT2D eigenvalue weighted by atomic mass is 9.33. The second kappa shape index (κ2) is 13.0. The van der Waals surface area contributed by atoms with Gasteiger partial charge in [0.15, 0.2) is 9.84 Å². The molecule has 11 atom stereocenters. The van der Waals surface area contributed by atoms with Crippen LogP contribution in [-0.2, 0) is 19.4 Å². The summed E-state index contributed by atoms with van der Waals surface area (Å²) in [6.07, 6.45) is 17.8. The number of carboxylic acids is 1. The Balaban J connectivity index is 1.14. The molecular weight excluding hydrogens is 688 g/mol. The average Bonchev–Trinajstić information content (AvgIpc) is 3.74. The minimum absolute atomic E-state index is 0.0262. The highest BCUT2D eigenvalue weighted by molar-refractivity contribution is 7.91. The zero-order chi connectivity index (χ0) is 38.6. The summed E-state index contributed by atoms with van der Waals surface area (Å²) in [4.78, 5) is 27.3. The summed E-state index contributed by atoms with van der Waals surface area (Å²) in [5.41, 5.74) is 2.93. The summed E-state index contributed by atoms with van der Waals surface area (Å²) in [6.45, 7) is 19.7. The molecule has 1 saturated heterocycles. The van der Waals surface area contributed by atoms with E-state index in [9.17, 15) is 27.5 Å². The van der Waals surface area contributed by atoms with Gasteiger partial charge in [0.2, 0.25) is 5.91 Å². The lowest BCUT2D eigenvalue weighted by molar-refractivity contribution is -0.221. The highest BCUT2D eigenvalue weighted by Crippen LogP contribution is 2.76. The van der Waals surface area contributed by atoms with Crippen LogP contribution in [0.4, 0.5) is 4.39 Å². The van der Waals surface area contributed by atoms with E-state index < -0.39 is 33.1 Å². The lowest BCUT2D eigenvalue weighted by Crippen LogP contribution is -2.68. The number of sulfone groups is 1. The second-order valence-corrected chi connectivity index (χ2v) is 22.8. The van der Waals surface area contributed by atoms with Crippen molar-refractivity contribution in [1.29, 1.82) is 0 Å². The van der Waals surface area contributed by atoms with Crippen LogP contribution in [0.3, 0.4) is 0 Å². The van der Waals surface area contributed by atoms with E-state index in [1.165, 1.54) is 48.7 Å². The van der Waals surface area contributed by atoms with E-state index in [0.29, 0.717) is 61.9 Å². The summed E-state index contributed by atoms with van der Waals surface area (Å²) >= 11 is 0. The number of fused-ring (bicyclic) bond motifs is 7. The van der Waals surface area contributed by atoms with E-state index in [1.54, 1.807) is 4.90 Å². The first-order valence-corrected chi connectivity index (χ1v) is 22.7. The predicted octanol–water partition coefficient (Wildman–Crippen LogP) is 8.32. The molecule has 7 aliphatic rings. The third kappa shape index (κ3) is 5.79. The molecule has 0 aromatic rings. The number of aliphatic carboxylic acids is 1. The molecule has 7 rings (SSSR count). The molecule has 1 amide bonds. The van der Waals surface area contributed by atoms with Crippen molar-refractivity contribution in [2.45, 2.75) is 136 Å². The number of alkyl halides is 1. The van der Waals surface area contributed by atoms with E-state index in [0.717, 1.165) is 32.1 Å². The first kappa shape index (κ1) is 39.2. The van der Waals surface area contributed by atoms with Gasteiger partial charge in [-0.15, -0.1) is 0 Å². The van der Waals surface area contributed by atoms with Crippen molar-refractivity contribution in [2.24, 2.45) is 56.7 Å². The van der Waals surface area contributed by atoms with Gasteiger partial charge in [0, 0.05) is 24.9 Å². The largest absolute Gasteiger partial charge is 0.481 e. The molecule has 0 radical (unpaired) electrons. The molecule has 9 heteroatoms. The maximum absolute atomic E-state index is 14.0. The molecule has 0 aromatic heterocycles. The minimum Gasteiger partial charge on any atom is -0.481 e. The summed E-state index contributed by atoms with van der Waals surface area (Å²) in [5.74, 6) is 1.49. The van der Waals surface area contributed by atoms with Crippen LogP contribution in [0.1, 0.15) is 125 Å². The number of nitrogens with zero attached hydrogens (tertiary/aromatic N) is 1. The van der Waals surface area contributed by atoms with Crippen molar-refractivity contribution < 1.29 is 27.5 Å². The molecule has 1 aliphatic heterocycles. The van der Waals surface area contributed by atoms with Gasteiger partial charge >= 0.3 is 5.97 Å². The van der Waals surface area contributed by atoms with Gasteiger partial charge in [-0.2, -0.15) is 0 Å². The summed E-state index contributed by atoms with van der Waals surface area (Å²) in [7, 11) is -3.17. The zero-order valence-electron chi connectivity index (χ0n) is 33.7. The fraction of sp³-hybridized carbons (Fsp3) is 0.818. The van der Waals surface area contributed by atoms with Crippen molar-refractivity contribution in [3.63, 3.8) is 0 Å². The fourth-order valence-electron chi connectivity index (χ4n) is 14.8. The molecule has 4 saturated carbocycles. The maximum Gasteiger partial charge on any atom is 0.312 e. The van der Waals surface area contributed by atoms with Crippen LogP contribution >= 0.6 is 0 Å². The van der Waals surface area contributed by atoms with Crippen LogP contribution in [0, 0.1) is 56.7 Å². The molecule has 2 N–H and O–H groups in total. The van der Waals surface area contributed by atoms with Crippen LogP contribution in [0.2, 0.25) is 0 Å². The molecular formula is C44H67FN2O5S. The van der Waals surface area contributed by atoms with E-state index in [2.05, 4.69) is 65.6 Å². The van der Waals surface area contributed by atoms with Gasteiger partial charge in [0.1, 0.15) is 6.67 Å². The molecule has 0 aromatic carbocycles. The number of carbonyl (C=O) groups excluding carboxylic acids is 1. The third-order valence-corrected chi connectivity index (χ3v) is 19.6. The molecule has 53 heavy (non-hydrogen) atoms. The highest BCUT2D eigenvalue weighted by Gasteiger charge is 2.70. The van der Waals surface area contributed by atoms with E-state index >= 15 is 0 Å². The quantitative estimate of drug-likeness (QED) is 0.242. The second-order valence-electron chi connectivity index (χ2n) is 20.5. The van der Waals surface area contributed by atoms with Gasteiger partial charge in [-0.05, 0) is 153 Å². The molecule has 296 valence electrons. The van der Waals surface area contributed by atoms with Crippen LogP contribution < -0.4 is 5.32 Å². The summed E-state index contributed by atoms with van der Waals surface area (Å²) < 4.78 is 38.4. The van der Waals surface area contributed by atoms with Crippen molar-refractivity contribution >= 4 is 21.7 Å². The highest BCUT2D eigenvalue weighted by atomic mass is 32.2. The van der Waals surface area contributed by atoms with Crippen molar-refractivity contribution in [1.82, 2.24) is 10.2 Å². The number of likely N-dealkylation sites (tertiary alicyclic amines) is 1. The number of rotatable bonds is 8. The number of halogens is 1. The third-order valence-electron chi connectivity index (χ3n) is 18.0. The summed E-state index contributed by atoms with van der Waals surface area (Å²) in [6, 6.07) is 0. The molecule has 6 aliphatic carbocycles. The Morgan fingerprint density at radius 3 is 2.28 bits per heavy atom. The number of carboxylic acid groups (broad SMARTS) is 1. The average molecular weight is 755 g/mol. The fourth-order valence-corrected chi connectivity index (χ4v) is 15.8. The Bertz CT molecular complexity index is 1720. The first-order chi connectivity index (χ1) is 24.7. The standard InChI is InChI=1S/C44H67FN2O5S/c1-28(2)31-13-21-44(46-25-36(48)47-24-16-30(26-47)53(8,51)52)23-22-41(6)33(37(31)44)9-10-35-40(5)17-14-32(39(3,4)34(40)15-18-42(35,41)7)29-11-19-43(27-45,20-12-29)38(49)50/h11,14,30-31,33-35,37,46H,1,9-10,12-13,15-27H2,2-8H3,(H,49,50)/t30?,31-,33+,34-,35+,37+,40-,41+,42+,43-,44-/m0/s1. The first-order valence-electron chi connectivity index (χ1n) is 20.8. The van der Waals surface area contributed by atoms with Crippen LogP contribution in [0.25, 0.3) is 0 Å². The van der Waals surface area contributed by atoms with Crippen molar-refractivity contribution in [3.05, 3.63) is 35.5 Å². The minimum atomic E-state index is -3.17. The normalized spacial score (nSPS) is 44.9. The Hall–Kier alpha value is -2.00. The van der Waals surface area contributed by atoms with Gasteiger partial charge in [-0.3, -0.25) is 9.59 Å². The number of nitrogens with one attached hydrogen (secondary N) is 1. The molecule has 0 bridgehead atoms.